The molecule has 0 amide bonds. The van der Waals surface area contributed by atoms with E-state index in [9.17, 15) is 14.7 Å². The molecule has 8 atom stereocenters. The fourth-order valence-electron chi connectivity index (χ4n) is 8.02. The summed E-state index contributed by atoms with van der Waals surface area (Å²) in [6.07, 6.45) is 7.36. The molecule has 0 aromatic rings. The van der Waals surface area contributed by atoms with Crippen molar-refractivity contribution in [2.24, 2.45) is 28.6 Å². The van der Waals surface area contributed by atoms with Crippen molar-refractivity contribution in [1.82, 2.24) is 0 Å². The zero-order chi connectivity index (χ0) is 21.7. The number of hydrogen-bond acceptors (Lipinski definition) is 5. The number of fused-ring (bicyclic) bond motifs is 7. The summed E-state index contributed by atoms with van der Waals surface area (Å²) in [6, 6.07) is 0. The van der Waals surface area contributed by atoms with E-state index in [0.29, 0.717) is 6.42 Å². The number of carbonyl (C=O) groups excluding carboxylic acids is 2. The van der Waals surface area contributed by atoms with Gasteiger partial charge in [-0.15, -0.1) is 11.6 Å². The molecular weight excluding hydrogens is 404 g/mol. The van der Waals surface area contributed by atoms with Crippen LogP contribution in [0.4, 0.5) is 0 Å². The van der Waals surface area contributed by atoms with Gasteiger partial charge in [-0.2, -0.15) is 0 Å². The second kappa shape index (κ2) is 6.28. The van der Waals surface area contributed by atoms with Crippen LogP contribution in [0, 0.1) is 28.6 Å². The van der Waals surface area contributed by atoms with Crippen molar-refractivity contribution in [3.63, 3.8) is 0 Å². The lowest BCUT2D eigenvalue weighted by atomic mass is 9.46. The topological polar surface area (TPSA) is 72.8 Å². The van der Waals surface area contributed by atoms with E-state index in [4.69, 9.17) is 21.1 Å². The quantitative estimate of drug-likeness (QED) is 0.672. The lowest BCUT2D eigenvalue weighted by Gasteiger charge is -2.59. The zero-order valence-electron chi connectivity index (χ0n) is 18.1. The highest BCUT2D eigenvalue weighted by atomic mass is 35.5. The molecule has 0 spiro atoms. The van der Waals surface area contributed by atoms with E-state index in [0.717, 1.165) is 24.8 Å². The first-order valence-corrected chi connectivity index (χ1v) is 11.6. The van der Waals surface area contributed by atoms with Gasteiger partial charge in [-0.25, -0.2) is 0 Å². The lowest BCUT2D eigenvalue weighted by molar-refractivity contribution is -0.223. The number of rotatable bonds is 2. The minimum atomic E-state index is -1.12. The fourth-order valence-corrected chi connectivity index (χ4v) is 8.22. The van der Waals surface area contributed by atoms with E-state index in [-0.39, 0.29) is 46.7 Å². The fraction of sp³-hybridized carbons (Fsp3) is 0.750. The van der Waals surface area contributed by atoms with Crippen LogP contribution in [-0.2, 0) is 19.1 Å². The largest absolute Gasteiger partial charge is 0.393 e. The van der Waals surface area contributed by atoms with Gasteiger partial charge in [-0.1, -0.05) is 25.5 Å². The number of aliphatic hydroxyl groups excluding tert-OH is 1. The van der Waals surface area contributed by atoms with Gasteiger partial charge in [0.1, 0.15) is 0 Å². The van der Waals surface area contributed by atoms with E-state index in [1.54, 1.807) is 12.2 Å². The summed E-state index contributed by atoms with van der Waals surface area (Å²) in [5.74, 6) is -0.678. The molecule has 5 rings (SSSR count). The van der Waals surface area contributed by atoms with Crippen molar-refractivity contribution in [3.8, 4) is 0 Å². The van der Waals surface area contributed by atoms with Crippen LogP contribution in [0.3, 0.4) is 0 Å². The Balaban J connectivity index is 1.59. The smallest absolute Gasteiger partial charge is 0.182 e. The van der Waals surface area contributed by atoms with E-state index < -0.39 is 22.9 Å². The Labute approximate surface area is 182 Å². The zero-order valence-corrected chi connectivity index (χ0v) is 18.9. The molecule has 164 valence electrons. The van der Waals surface area contributed by atoms with E-state index in [1.165, 1.54) is 0 Å². The number of halogens is 1. The number of ketones is 2. The number of ether oxygens (including phenoxy) is 2. The monoisotopic (exact) mass is 434 g/mol. The van der Waals surface area contributed by atoms with E-state index >= 15 is 0 Å². The predicted molar refractivity (Wildman–Crippen MR) is 112 cm³/mol. The van der Waals surface area contributed by atoms with Crippen LogP contribution >= 0.6 is 11.6 Å². The van der Waals surface area contributed by atoms with Gasteiger partial charge in [0.15, 0.2) is 23.0 Å². The molecule has 5 aliphatic rings. The summed E-state index contributed by atoms with van der Waals surface area (Å²) in [5, 5.41) is 11.5. The summed E-state index contributed by atoms with van der Waals surface area (Å²) < 4.78 is 12.7. The molecule has 6 heteroatoms. The van der Waals surface area contributed by atoms with Crippen LogP contribution in [-0.4, -0.2) is 46.1 Å². The van der Waals surface area contributed by atoms with Gasteiger partial charge in [0, 0.05) is 16.7 Å². The predicted octanol–water partition coefficient (Wildman–Crippen LogP) is 3.57. The van der Waals surface area contributed by atoms with Gasteiger partial charge >= 0.3 is 0 Å². The number of alkyl halides is 1. The first-order chi connectivity index (χ1) is 14.0. The molecule has 0 radical (unpaired) electrons. The Bertz CT molecular complexity index is 877. The number of carbonyl (C=O) groups is 2. The molecule has 0 aromatic carbocycles. The highest BCUT2D eigenvalue weighted by Crippen LogP contribution is 2.70. The minimum absolute atomic E-state index is 0.00918. The molecule has 5 nitrogen and oxygen atoms in total. The second-order valence-corrected chi connectivity index (χ2v) is 11.1. The summed E-state index contributed by atoms with van der Waals surface area (Å²) in [5.41, 5.74) is -0.884. The van der Waals surface area contributed by atoms with Crippen LogP contribution in [0.15, 0.2) is 23.8 Å². The van der Waals surface area contributed by atoms with Crippen molar-refractivity contribution in [2.45, 2.75) is 77.0 Å². The molecule has 4 fully saturated rings. The SMILES string of the molecule is CC1(C)O[C@@H]2CC3C4CCC5=CC(=O)C=CC5(C)C4[C@@H](O)CC3(C)[C@]2(C(=O)CCl)O1. The molecule has 1 aliphatic heterocycles. The average molecular weight is 435 g/mol. The summed E-state index contributed by atoms with van der Waals surface area (Å²) in [6.45, 7) is 7.94. The first kappa shape index (κ1) is 20.9. The lowest BCUT2D eigenvalue weighted by Crippen LogP contribution is -2.63. The van der Waals surface area contributed by atoms with Gasteiger partial charge in [-0.05, 0) is 63.5 Å². The minimum Gasteiger partial charge on any atom is -0.393 e. The number of aliphatic hydroxyl groups is 1. The van der Waals surface area contributed by atoms with Crippen molar-refractivity contribution in [2.75, 3.05) is 5.88 Å². The van der Waals surface area contributed by atoms with Crippen LogP contribution < -0.4 is 0 Å². The summed E-state index contributed by atoms with van der Waals surface area (Å²) >= 11 is 6.08. The average Bonchev–Trinajstić information content (AvgIpc) is 3.07. The molecule has 30 heavy (non-hydrogen) atoms. The number of hydrogen-bond donors (Lipinski definition) is 1. The number of Topliss-reactive ketones (excluding diaryl/α,β-unsaturated/α-hetero) is 1. The maximum Gasteiger partial charge on any atom is 0.182 e. The maximum atomic E-state index is 13.3. The van der Waals surface area contributed by atoms with Crippen LogP contribution in [0.25, 0.3) is 0 Å². The molecule has 1 heterocycles. The standard InChI is InChI=1S/C24H31ClO5/c1-21(2)29-19-10-16-15-6-5-13-9-14(26)7-8-22(13,3)20(15)17(27)11-23(16,4)24(19,30-21)18(28)12-25/h7-9,15-17,19-20,27H,5-6,10-12H2,1-4H3/t15?,16?,17-,19+,20?,22?,23?,24+/m0/s1. The molecule has 3 saturated carbocycles. The molecule has 0 aromatic heterocycles. The Morgan fingerprint density at radius 3 is 2.73 bits per heavy atom. The second-order valence-electron chi connectivity index (χ2n) is 10.8. The van der Waals surface area contributed by atoms with Gasteiger partial charge in [0.25, 0.3) is 0 Å². The van der Waals surface area contributed by atoms with Gasteiger partial charge in [-0.3, -0.25) is 9.59 Å². The molecule has 1 N–H and O–H groups in total. The third kappa shape index (κ3) is 2.41. The normalized spacial score (nSPS) is 50.9. The molecule has 5 unspecified atom stereocenters. The Morgan fingerprint density at radius 1 is 1.30 bits per heavy atom. The van der Waals surface area contributed by atoms with Crippen LogP contribution in [0.5, 0.6) is 0 Å². The molecule has 4 aliphatic carbocycles. The highest BCUT2D eigenvalue weighted by molar-refractivity contribution is 6.29. The Hall–Kier alpha value is -1.01. The maximum absolute atomic E-state index is 13.3. The van der Waals surface area contributed by atoms with Crippen molar-refractivity contribution in [1.29, 1.82) is 0 Å². The van der Waals surface area contributed by atoms with Crippen molar-refractivity contribution in [3.05, 3.63) is 23.8 Å². The summed E-state index contributed by atoms with van der Waals surface area (Å²) in [7, 11) is 0. The molecule has 1 saturated heterocycles. The third-order valence-electron chi connectivity index (χ3n) is 9.02. The van der Waals surface area contributed by atoms with E-state index in [1.807, 2.05) is 19.9 Å². The first-order valence-electron chi connectivity index (χ1n) is 11.1. The van der Waals surface area contributed by atoms with Crippen LogP contribution in [0.2, 0.25) is 0 Å². The van der Waals surface area contributed by atoms with Crippen molar-refractivity contribution < 1.29 is 24.2 Å². The van der Waals surface area contributed by atoms with Gasteiger partial charge < -0.3 is 14.6 Å². The number of allylic oxidation sites excluding steroid dienone is 4. The van der Waals surface area contributed by atoms with E-state index in [2.05, 4.69) is 13.8 Å². The Morgan fingerprint density at radius 2 is 2.03 bits per heavy atom. The van der Waals surface area contributed by atoms with Gasteiger partial charge in [0.05, 0.1) is 18.1 Å². The summed E-state index contributed by atoms with van der Waals surface area (Å²) in [4.78, 5) is 25.3. The molecule has 0 bridgehead atoms. The molecular formula is C24H31ClO5. The van der Waals surface area contributed by atoms with Crippen molar-refractivity contribution >= 4 is 23.2 Å². The third-order valence-corrected chi connectivity index (χ3v) is 9.27. The van der Waals surface area contributed by atoms with Gasteiger partial charge in [0.2, 0.25) is 0 Å². The van der Waals surface area contributed by atoms with Crippen LogP contribution in [0.1, 0.15) is 53.4 Å². The Kier molecular flexibility index (Phi) is 4.37. The highest BCUT2D eigenvalue weighted by Gasteiger charge is 2.76.